The Hall–Kier alpha value is -0.840. The Labute approximate surface area is 132 Å². The Morgan fingerprint density at radius 2 is 2.20 bits per heavy atom. The fourth-order valence-electron chi connectivity index (χ4n) is 1.87. The van der Waals surface area contributed by atoms with Crippen LogP contribution in [0.3, 0.4) is 0 Å². The summed E-state index contributed by atoms with van der Waals surface area (Å²) in [4.78, 5) is 4.31. The van der Waals surface area contributed by atoms with Crippen molar-refractivity contribution in [3.05, 3.63) is 39.8 Å². The van der Waals surface area contributed by atoms with Gasteiger partial charge in [-0.3, -0.25) is 0 Å². The molecule has 0 saturated carbocycles. The van der Waals surface area contributed by atoms with Crippen LogP contribution in [0.5, 0.6) is 0 Å². The highest BCUT2D eigenvalue weighted by Crippen LogP contribution is 2.33. The van der Waals surface area contributed by atoms with E-state index < -0.39 is 0 Å². The van der Waals surface area contributed by atoms with Crippen LogP contribution in [0.4, 0.5) is 0 Å². The second kappa shape index (κ2) is 7.25. The summed E-state index contributed by atoms with van der Waals surface area (Å²) < 4.78 is 6.63. The molecule has 108 valence electrons. The fourth-order valence-corrected chi connectivity index (χ4v) is 2.46. The Kier molecular flexibility index (Phi) is 5.64. The SMILES string of the molecule is CC(C)NCCCc1ncc(-c2cccc(Br)c2Cl)o1. The highest BCUT2D eigenvalue weighted by molar-refractivity contribution is 9.10. The summed E-state index contributed by atoms with van der Waals surface area (Å²) in [6.45, 7) is 5.24. The van der Waals surface area contributed by atoms with E-state index in [2.05, 4.69) is 40.1 Å². The molecule has 0 atom stereocenters. The smallest absolute Gasteiger partial charge is 0.194 e. The van der Waals surface area contributed by atoms with E-state index in [1.165, 1.54) is 0 Å². The molecule has 1 aromatic carbocycles. The second-order valence-corrected chi connectivity index (χ2v) is 6.16. The van der Waals surface area contributed by atoms with Crippen LogP contribution >= 0.6 is 27.5 Å². The van der Waals surface area contributed by atoms with Gasteiger partial charge in [0.05, 0.1) is 11.2 Å². The molecule has 0 aliphatic heterocycles. The summed E-state index contributed by atoms with van der Waals surface area (Å²) >= 11 is 9.67. The van der Waals surface area contributed by atoms with Gasteiger partial charge in [0.25, 0.3) is 0 Å². The van der Waals surface area contributed by atoms with Gasteiger partial charge in [0, 0.05) is 22.5 Å². The van der Waals surface area contributed by atoms with Crippen molar-refractivity contribution in [1.82, 2.24) is 10.3 Å². The van der Waals surface area contributed by atoms with E-state index in [4.69, 9.17) is 16.0 Å². The molecule has 0 unspecified atom stereocenters. The average molecular weight is 358 g/mol. The lowest BCUT2D eigenvalue weighted by Gasteiger charge is -2.06. The van der Waals surface area contributed by atoms with Crippen LogP contribution in [-0.4, -0.2) is 17.6 Å². The van der Waals surface area contributed by atoms with E-state index in [1.807, 2.05) is 18.2 Å². The molecule has 0 aliphatic carbocycles. The van der Waals surface area contributed by atoms with Crippen molar-refractivity contribution in [2.24, 2.45) is 0 Å². The Bertz CT molecular complexity index is 569. The van der Waals surface area contributed by atoms with E-state index in [0.717, 1.165) is 35.3 Å². The molecule has 3 nitrogen and oxygen atoms in total. The van der Waals surface area contributed by atoms with E-state index in [-0.39, 0.29) is 0 Å². The molecule has 0 saturated heterocycles. The van der Waals surface area contributed by atoms with Crippen LogP contribution in [0.15, 0.2) is 33.3 Å². The monoisotopic (exact) mass is 356 g/mol. The molecule has 20 heavy (non-hydrogen) atoms. The topological polar surface area (TPSA) is 38.1 Å². The first-order valence-electron chi connectivity index (χ1n) is 6.70. The van der Waals surface area contributed by atoms with Gasteiger partial charge in [-0.2, -0.15) is 0 Å². The zero-order valence-corrected chi connectivity index (χ0v) is 14.0. The fraction of sp³-hybridized carbons (Fsp3) is 0.400. The van der Waals surface area contributed by atoms with Gasteiger partial charge in [0.1, 0.15) is 0 Å². The third-order valence-electron chi connectivity index (χ3n) is 2.89. The zero-order valence-electron chi connectivity index (χ0n) is 11.6. The third kappa shape index (κ3) is 4.08. The number of halogens is 2. The molecule has 0 bridgehead atoms. The largest absolute Gasteiger partial charge is 0.441 e. The van der Waals surface area contributed by atoms with Crippen molar-refractivity contribution in [3.8, 4) is 11.3 Å². The van der Waals surface area contributed by atoms with Crippen LogP contribution in [0.2, 0.25) is 5.02 Å². The first-order valence-corrected chi connectivity index (χ1v) is 7.87. The summed E-state index contributed by atoms with van der Waals surface area (Å²) in [7, 11) is 0. The Morgan fingerprint density at radius 1 is 1.40 bits per heavy atom. The van der Waals surface area contributed by atoms with Crippen LogP contribution in [0.25, 0.3) is 11.3 Å². The maximum Gasteiger partial charge on any atom is 0.194 e. The lowest BCUT2D eigenvalue weighted by Crippen LogP contribution is -2.23. The van der Waals surface area contributed by atoms with Crippen molar-refractivity contribution < 1.29 is 4.42 Å². The number of oxazole rings is 1. The molecule has 0 fully saturated rings. The third-order valence-corrected chi connectivity index (χ3v) is 4.19. The van der Waals surface area contributed by atoms with E-state index in [9.17, 15) is 0 Å². The second-order valence-electron chi connectivity index (χ2n) is 4.93. The molecular weight excluding hydrogens is 340 g/mol. The van der Waals surface area contributed by atoms with Crippen LogP contribution in [-0.2, 0) is 6.42 Å². The quantitative estimate of drug-likeness (QED) is 0.762. The minimum Gasteiger partial charge on any atom is -0.441 e. The summed E-state index contributed by atoms with van der Waals surface area (Å²) in [6, 6.07) is 6.27. The van der Waals surface area contributed by atoms with Gasteiger partial charge in [-0.15, -0.1) is 0 Å². The average Bonchev–Trinajstić information content (AvgIpc) is 2.86. The van der Waals surface area contributed by atoms with Gasteiger partial charge in [-0.25, -0.2) is 4.98 Å². The minimum atomic E-state index is 0.510. The van der Waals surface area contributed by atoms with Crippen molar-refractivity contribution in [2.45, 2.75) is 32.7 Å². The number of aromatic nitrogens is 1. The number of hydrogen-bond donors (Lipinski definition) is 1. The van der Waals surface area contributed by atoms with E-state index in [1.54, 1.807) is 6.20 Å². The van der Waals surface area contributed by atoms with Crippen molar-refractivity contribution >= 4 is 27.5 Å². The van der Waals surface area contributed by atoms with Crippen LogP contribution in [0, 0.1) is 0 Å². The van der Waals surface area contributed by atoms with E-state index in [0.29, 0.717) is 16.8 Å². The number of nitrogens with one attached hydrogen (secondary N) is 1. The molecular formula is C15H18BrClN2O. The van der Waals surface area contributed by atoms with Gasteiger partial charge in [0.15, 0.2) is 11.7 Å². The van der Waals surface area contributed by atoms with Crippen LogP contribution < -0.4 is 5.32 Å². The molecule has 1 heterocycles. The molecule has 5 heteroatoms. The molecule has 0 spiro atoms. The van der Waals surface area contributed by atoms with Crippen molar-refractivity contribution in [3.63, 3.8) is 0 Å². The van der Waals surface area contributed by atoms with E-state index >= 15 is 0 Å². The first kappa shape index (κ1) is 15.5. The molecule has 0 radical (unpaired) electrons. The summed E-state index contributed by atoms with van der Waals surface area (Å²) in [5, 5.41) is 4.02. The van der Waals surface area contributed by atoms with Crippen LogP contribution in [0.1, 0.15) is 26.2 Å². The van der Waals surface area contributed by atoms with Crippen molar-refractivity contribution in [2.75, 3.05) is 6.54 Å². The lowest BCUT2D eigenvalue weighted by atomic mass is 10.2. The van der Waals surface area contributed by atoms with Gasteiger partial charge < -0.3 is 9.73 Å². The normalized spacial score (nSPS) is 11.2. The highest BCUT2D eigenvalue weighted by Gasteiger charge is 2.11. The molecule has 1 aromatic heterocycles. The number of rotatable bonds is 6. The highest BCUT2D eigenvalue weighted by atomic mass is 79.9. The molecule has 0 aliphatic rings. The molecule has 0 amide bonds. The first-order chi connectivity index (χ1) is 9.58. The number of nitrogens with zero attached hydrogens (tertiary/aromatic N) is 1. The summed E-state index contributed by atoms with van der Waals surface area (Å²) in [6.07, 6.45) is 3.56. The summed E-state index contributed by atoms with van der Waals surface area (Å²) in [5.74, 6) is 1.46. The number of benzene rings is 1. The van der Waals surface area contributed by atoms with Gasteiger partial charge in [-0.1, -0.05) is 31.5 Å². The number of aryl methyl sites for hydroxylation is 1. The predicted octanol–water partition coefficient (Wildman–Crippen LogP) is 4.69. The van der Waals surface area contributed by atoms with Crippen molar-refractivity contribution in [1.29, 1.82) is 0 Å². The molecule has 1 N–H and O–H groups in total. The van der Waals surface area contributed by atoms with Gasteiger partial charge in [-0.05, 0) is 41.0 Å². The Balaban J connectivity index is 2.00. The Morgan fingerprint density at radius 3 is 2.95 bits per heavy atom. The maximum absolute atomic E-state index is 6.25. The lowest BCUT2D eigenvalue weighted by molar-refractivity contribution is 0.484. The zero-order chi connectivity index (χ0) is 14.5. The number of hydrogen-bond acceptors (Lipinski definition) is 3. The minimum absolute atomic E-state index is 0.510. The summed E-state index contributed by atoms with van der Waals surface area (Å²) in [5.41, 5.74) is 0.861. The molecule has 2 rings (SSSR count). The standard InChI is InChI=1S/C15H18BrClN2O/c1-10(2)18-8-4-7-14-19-9-13(20-14)11-5-3-6-12(16)15(11)17/h3,5-6,9-10,18H,4,7-8H2,1-2H3. The molecule has 2 aromatic rings. The van der Waals surface area contributed by atoms with Gasteiger partial charge >= 0.3 is 0 Å². The predicted molar refractivity (Wildman–Crippen MR) is 86.1 cm³/mol. The van der Waals surface area contributed by atoms with Gasteiger partial charge in [0.2, 0.25) is 0 Å². The maximum atomic E-state index is 6.25.